The monoisotopic (exact) mass is 404 g/mol. The van der Waals surface area contributed by atoms with Crippen LogP contribution in [-0.4, -0.2) is 33.9 Å². The number of esters is 1. The minimum absolute atomic E-state index is 0.0648. The zero-order valence-electron chi connectivity index (χ0n) is 16.3. The summed E-state index contributed by atoms with van der Waals surface area (Å²) in [4.78, 5) is 24.2. The van der Waals surface area contributed by atoms with Crippen molar-refractivity contribution in [1.29, 1.82) is 0 Å². The van der Waals surface area contributed by atoms with Crippen molar-refractivity contribution in [3.8, 4) is 0 Å². The highest BCUT2D eigenvalue weighted by molar-refractivity contribution is 7.89. The highest BCUT2D eigenvalue weighted by Crippen LogP contribution is 2.20. The molecule has 1 amide bonds. The van der Waals surface area contributed by atoms with Crippen LogP contribution in [0.25, 0.3) is 0 Å². The van der Waals surface area contributed by atoms with Crippen LogP contribution in [0.15, 0.2) is 47.4 Å². The molecule has 2 N–H and O–H groups in total. The molecule has 0 heterocycles. The summed E-state index contributed by atoms with van der Waals surface area (Å²) in [5.74, 6) is -0.821. The van der Waals surface area contributed by atoms with Gasteiger partial charge in [-0.2, -0.15) is 0 Å². The van der Waals surface area contributed by atoms with E-state index >= 15 is 0 Å². The van der Waals surface area contributed by atoms with E-state index in [4.69, 9.17) is 4.74 Å². The molecule has 0 aliphatic rings. The normalized spacial score (nSPS) is 11.3. The maximum atomic E-state index is 12.1. The molecule has 0 aliphatic heterocycles. The standard InChI is InChI=1S/C20H24N2O5S/c1-13(2)15-6-8-16(9-7-15)20(24)27-12-19(23)22-17-10-5-14(3)18(11-17)28(25,26)21-4/h5-11,13,21H,12H2,1-4H3,(H,22,23). The summed E-state index contributed by atoms with van der Waals surface area (Å²) < 4.78 is 31.3. The number of carbonyl (C=O) groups excluding carboxylic acids is 2. The first-order valence-electron chi connectivity index (χ1n) is 8.75. The number of carbonyl (C=O) groups is 2. The fraction of sp³-hybridized carbons (Fsp3) is 0.300. The van der Waals surface area contributed by atoms with Crippen LogP contribution in [0.4, 0.5) is 5.69 Å². The van der Waals surface area contributed by atoms with Crippen molar-refractivity contribution < 1.29 is 22.7 Å². The van der Waals surface area contributed by atoms with Gasteiger partial charge < -0.3 is 10.1 Å². The third-order valence-electron chi connectivity index (χ3n) is 4.18. The topological polar surface area (TPSA) is 102 Å². The van der Waals surface area contributed by atoms with E-state index in [1.54, 1.807) is 31.2 Å². The van der Waals surface area contributed by atoms with Gasteiger partial charge in [-0.25, -0.2) is 17.9 Å². The maximum absolute atomic E-state index is 12.1. The summed E-state index contributed by atoms with van der Waals surface area (Å²) in [6.07, 6.45) is 0. The van der Waals surface area contributed by atoms with Gasteiger partial charge in [0, 0.05) is 5.69 Å². The zero-order valence-corrected chi connectivity index (χ0v) is 17.1. The van der Waals surface area contributed by atoms with E-state index in [1.165, 1.54) is 13.1 Å². The molecule has 0 spiro atoms. The minimum Gasteiger partial charge on any atom is -0.452 e. The third kappa shape index (κ3) is 5.40. The molecule has 0 radical (unpaired) electrons. The number of sulfonamides is 1. The molecule has 7 nitrogen and oxygen atoms in total. The summed E-state index contributed by atoms with van der Waals surface area (Å²) in [6, 6.07) is 11.5. The van der Waals surface area contributed by atoms with Gasteiger partial charge in [0.2, 0.25) is 10.0 Å². The van der Waals surface area contributed by atoms with Gasteiger partial charge in [0.25, 0.3) is 5.91 Å². The molecule has 2 aromatic rings. The Balaban J connectivity index is 1.99. The van der Waals surface area contributed by atoms with Gasteiger partial charge in [-0.05, 0) is 55.3 Å². The van der Waals surface area contributed by atoms with Crippen LogP contribution < -0.4 is 10.0 Å². The van der Waals surface area contributed by atoms with E-state index in [2.05, 4.69) is 23.9 Å². The average molecular weight is 404 g/mol. The van der Waals surface area contributed by atoms with E-state index in [1.807, 2.05) is 12.1 Å². The quantitative estimate of drug-likeness (QED) is 0.691. The van der Waals surface area contributed by atoms with E-state index in [0.29, 0.717) is 22.7 Å². The summed E-state index contributed by atoms with van der Waals surface area (Å²) >= 11 is 0. The number of anilines is 1. The molecule has 8 heteroatoms. The van der Waals surface area contributed by atoms with Crippen molar-refractivity contribution in [1.82, 2.24) is 4.72 Å². The van der Waals surface area contributed by atoms with Gasteiger partial charge in [-0.1, -0.05) is 32.0 Å². The lowest BCUT2D eigenvalue weighted by molar-refractivity contribution is -0.119. The number of amides is 1. The molecule has 0 aromatic heterocycles. The molecule has 0 atom stereocenters. The van der Waals surface area contributed by atoms with E-state index < -0.39 is 28.5 Å². The lowest BCUT2D eigenvalue weighted by atomic mass is 10.0. The highest BCUT2D eigenvalue weighted by Gasteiger charge is 2.16. The Kier molecular flexibility index (Phi) is 6.93. The molecule has 0 saturated heterocycles. The molecule has 0 bridgehead atoms. The van der Waals surface area contributed by atoms with Crippen molar-refractivity contribution in [3.63, 3.8) is 0 Å². The van der Waals surface area contributed by atoms with Crippen LogP contribution in [0, 0.1) is 6.92 Å². The number of benzene rings is 2. The molecule has 150 valence electrons. The van der Waals surface area contributed by atoms with Gasteiger partial charge in [0.15, 0.2) is 6.61 Å². The van der Waals surface area contributed by atoms with Gasteiger partial charge in [0.1, 0.15) is 0 Å². The van der Waals surface area contributed by atoms with Crippen LogP contribution in [-0.2, 0) is 19.6 Å². The zero-order chi connectivity index (χ0) is 20.9. The average Bonchev–Trinajstić information content (AvgIpc) is 2.67. The van der Waals surface area contributed by atoms with E-state index in [-0.39, 0.29) is 4.90 Å². The molecule has 0 aliphatic carbocycles. The van der Waals surface area contributed by atoms with Crippen LogP contribution in [0.5, 0.6) is 0 Å². The second kappa shape index (κ2) is 8.99. The summed E-state index contributed by atoms with van der Waals surface area (Å²) in [7, 11) is -2.33. The lowest BCUT2D eigenvalue weighted by Gasteiger charge is -2.11. The molecular weight excluding hydrogens is 380 g/mol. The number of ether oxygens (including phenoxy) is 1. The third-order valence-corrected chi connectivity index (χ3v) is 5.73. The predicted molar refractivity (Wildman–Crippen MR) is 107 cm³/mol. The predicted octanol–water partition coefficient (Wildman–Crippen LogP) is 2.82. The SMILES string of the molecule is CNS(=O)(=O)c1cc(NC(=O)COC(=O)c2ccc(C(C)C)cc2)ccc1C. The Hall–Kier alpha value is -2.71. The van der Waals surface area contributed by atoms with Crippen molar-refractivity contribution >= 4 is 27.6 Å². The van der Waals surface area contributed by atoms with E-state index in [9.17, 15) is 18.0 Å². The van der Waals surface area contributed by atoms with Crippen LogP contribution in [0.1, 0.15) is 41.3 Å². The van der Waals surface area contributed by atoms with Gasteiger partial charge >= 0.3 is 5.97 Å². The Labute approximate surface area is 165 Å². The van der Waals surface area contributed by atoms with Crippen molar-refractivity contribution in [2.24, 2.45) is 0 Å². The van der Waals surface area contributed by atoms with Crippen molar-refractivity contribution in [2.75, 3.05) is 19.0 Å². The molecule has 0 fully saturated rings. The molecular formula is C20H24N2O5S. The van der Waals surface area contributed by atoms with Crippen LogP contribution >= 0.6 is 0 Å². The number of nitrogens with one attached hydrogen (secondary N) is 2. The second-order valence-corrected chi connectivity index (χ2v) is 8.44. The Bertz CT molecular complexity index is 967. The van der Waals surface area contributed by atoms with Crippen molar-refractivity contribution in [2.45, 2.75) is 31.6 Å². The fourth-order valence-electron chi connectivity index (χ4n) is 2.49. The highest BCUT2D eigenvalue weighted by atomic mass is 32.2. The number of aryl methyl sites for hydroxylation is 1. The number of hydrogen-bond acceptors (Lipinski definition) is 5. The van der Waals surface area contributed by atoms with Crippen molar-refractivity contribution in [3.05, 3.63) is 59.2 Å². The van der Waals surface area contributed by atoms with Crippen LogP contribution in [0.2, 0.25) is 0 Å². The summed E-state index contributed by atoms with van der Waals surface area (Å²) in [6.45, 7) is 5.28. The Morgan fingerprint density at radius 2 is 1.71 bits per heavy atom. The van der Waals surface area contributed by atoms with Gasteiger partial charge in [-0.3, -0.25) is 4.79 Å². The molecule has 2 rings (SSSR count). The Morgan fingerprint density at radius 1 is 1.07 bits per heavy atom. The minimum atomic E-state index is -3.65. The number of hydrogen-bond donors (Lipinski definition) is 2. The van der Waals surface area contributed by atoms with Crippen LogP contribution in [0.3, 0.4) is 0 Å². The second-order valence-electron chi connectivity index (χ2n) is 6.59. The molecule has 0 unspecified atom stereocenters. The molecule has 0 saturated carbocycles. The summed E-state index contributed by atoms with van der Waals surface area (Å²) in [5, 5.41) is 2.53. The van der Waals surface area contributed by atoms with Gasteiger partial charge in [0.05, 0.1) is 10.5 Å². The summed E-state index contributed by atoms with van der Waals surface area (Å²) in [5.41, 5.74) is 2.29. The fourth-order valence-corrected chi connectivity index (χ4v) is 3.49. The lowest BCUT2D eigenvalue weighted by Crippen LogP contribution is -2.22. The first-order chi connectivity index (χ1) is 13.1. The molecule has 2 aromatic carbocycles. The smallest absolute Gasteiger partial charge is 0.338 e. The van der Waals surface area contributed by atoms with E-state index in [0.717, 1.165) is 5.56 Å². The first-order valence-corrected chi connectivity index (χ1v) is 10.2. The largest absolute Gasteiger partial charge is 0.452 e. The first kappa shape index (κ1) is 21.6. The van der Waals surface area contributed by atoms with Gasteiger partial charge in [-0.15, -0.1) is 0 Å². The number of rotatable bonds is 7. The maximum Gasteiger partial charge on any atom is 0.338 e. The Morgan fingerprint density at radius 3 is 2.29 bits per heavy atom. The molecule has 28 heavy (non-hydrogen) atoms.